The molecule has 0 radical (unpaired) electrons. The molecule has 1 aliphatic rings. The molecule has 0 aromatic heterocycles. The largest absolute Gasteiger partial charge is 0.469 e. The van der Waals surface area contributed by atoms with Gasteiger partial charge in [-0.25, -0.2) is 0 Å². The molecule has 22 heavy (non-hydrogen) atoms. The van der Waals surface area contributed by atoms with Crippen LogP contribution in [0.1, 0.15) is 25.7 Å². The number of unbranched alkanes of at least 4 members (excludes halogenated alkanes) is 1. The highest BCUT2D eigenvalue weighted by Gasteiger charge is 2.35. The summed E-state index contributed by atoms with van der Waals surface area (Å²) in [7, 11) is 4.55. The smallest absolute Gasteiger partial charge is 0.305 e. The molecule has 0 amide bonds. The molecule has 0 spiro atoms. The molecule has 5 nitrogen and oxygen atoms in total. The van der Waals surface area contributed by atoms with Crippen LogP contribution in [0.4, 0.5) is 0 Å². The Morgan fingerprint density at radius 1 is 1.32 bits per heavy atom. The van der Waals surface area contributed by atoms with Crippen LogP contribution in [0.2, 0.25) is 0 Å². The summed E-state index contributed by atoms with van der Waals surface area (Å²) in [5.41, 5.74) is 0. The number of hydrogen-bond acceptors (Lipinski definition) is 6. The quantitative estimate of drug-likeness (QED) is 0.281. The fraction of sp³-hybridized carbons (Fsp3) is 0.625. The zero-order chi connectivity index (χ0) is 16.4. The maximum absolute atomic E-state index is 12.1. The van der Waals surface area contributed by atoms with E-state index in [1.807, 2.05) is 12.2 Å². The van der Waals surface area contributed by atoms with Gasteiger partial charge in [0.15, 0.2) is 12.1 Å². The van der Waals surface area contributed by atoms with Crippen molar-refractivity contribution in [2.45, 2.75) is 37.2 Å². The van der Waals surface area contributed by atoms with Crippen LogP contribution in [0.15, 0.2) is 23.6 Å². The fourth-order valence-corrected chi connectivity index (χ4v) is 3.45. The summed E-state index contributed by atoms with van der Waals surface area (Å²) in [5.74, 6) is -0.251. The fourth-order valence-electron chi connectivity index (χ4n) is 2.27. The summed E-state index contributed by atoms with van der Waals surface area (Å²) < 4.78 is 15.2. The first kappa shape index (κ1) is 18.9. The topological polar surface area (TPSA) is 61.8 Å². The average Bonchev–Trinajstić information content (AvgIpc) is 2.53. The second-order valence-electron chi connectivity index (χ2n) is 4.93. The molecule has 1 aliphatic heterocycles. The standard InChI is InChI=1S/C16H24O5S/c1-19-14(18)9-7-5-4-6-8-12-13(17)10-11-22-15(12)16(20-2)21-3/h4,6,10-12,15-16H,5,7-9H2,1-3H3/b6-4+/t12-,15-/m1/s1. The molecule has 0 N–H and O–H groups in total. The summed E-state index contributed by atoms with van der Waals surface area (Å²) in [6.45, 7) is 0. The number of rotatable bonds is 9. The summed E-state index contributed by atoms with van der Waals surface area (Å²) >= 11 is 1.56. The Morgan fingerprint density at radius 2 is 2.05 bits per heavy atom. The summed E-state index contributed by atoms with van der Waals surface area (Å²) in [4.78, 5) is 23.1. The average molecular weight is 328 g/mol. The SMILES string of the molecule is COC(=O)CCC/C=C/C[C@@H]1C(=O)C=CS[C@H]1C(OC)OC. The highest BCUT2D eigenvalue weighted by molar-refractivity contribution is 8.02. The molecular formula is C16H24O5S. The lowest BCUT2D eigenvalue weighted by molar-refractivity contribution is -0.140. The lowest BCUT2D eigenvalue weighted by atomic mass is 9.94. The number of ether oxygens (including phenoxy) is 3. The molecule has 6 heteroatoms. The highest BCUT2D eigenvalue weighted by Crippen LogP contribution is 2.33. The second kappa shape index (κ2) is 10.6. The van der Waals surface area contributed by atoms with E-state index >= 15 is 0 Å². The van der Waals surface area contributed by atoms with Crippen molar-refractivity contribution in [2.24, 2.45) is 5.92 Å². The zero-order valence-corrected chi connectivity index (χ0v) is 14.1. The van der Waals surface area contributed by atoms with Crippen molar-refractivity contribution in [2.75, 3.05) is 21.3 Å². The summed E-state index contributed by atoms with van der Waals surface area (Å²) in [6, 6.07) is 0. The van der Waals surface area contributed by atoms with Crippen LogP contribution in [0, 0.1) is 5.92 Å². The van der Waals surface area contributed by atoms with Crippen LogP contribution in [0.5, 0.6) is 0 Å². The van der Waals surface area contributed by atoms with Crippen molar-refractivity contribution < 1.29 is 23.8 Å². The van der Waals surface area contributed by atoms with Crippen molar-refractivity contribution >= 4 is 23.5 Å². The number of allylic oxidation sites excluding steroid dienone is 3. The van der Waals surface area contributed by atoms with E-state index in [4.69, 9.17) is 9.47 Å². The monoisotopic (exact) mass is 328 g/mol. The Kier molecular flexibility index (Phi) is 9.11. The first-order chi connectivity index (χ1) is 10.6. The zero-order valence-electron chi connectivity index (χ0n) is 13.3. The summed E-state index contributed by atoms with van der Waals surface area (Å²) in [6.07, 6.45) is 7.80. The minimum Gasteiger partial charge on any atom is -0.469 e. The predicted octanol–water partition coefficient (Wildman–Crippen LogP) is 2.71. The molecule has 1 heterocycles. The molecule has 0 aromatic rings. The van der Waals surface area contributed by atoms with Crippen LogP contribution < -0.4 is 0 Å². The van der Waals surface area contributed by atoms with Gasteiger partial charge in [0, 0.05) is 26.6 Å². The van der Waals surface area contributed by atoms with Gasteiger partial charge in [-0.05, 0) is 30.7 Å². The maximum atomic E-state index is 12.1. The van der Waals surface area contributed by atoms with Gasteiger partial charge in [0.1, 0.15) is 0 Å². The Hall–Kier alpha value is -1.11. The van der Waals surface area contributed by atoms with E-state index in [9.17, 15) is 9.59 Å². The molecular weight excluding hydrogens is 304 g/mol. The number of hydrogen-bond donors (Lipinski definition) is 0. The molecule has 0 fully saturated rings. The van der Waals surface area contributed by atoms with Crippen LogP contribution in [0.25, 0.3) is 0 Å². The van der Waals surface area contributed by atoms with E-state index < -0.39 is 6.29 Å². The van der Waals surface area contributed by atoms with Crippen molar-refractivity contribution in [1.29, 1.82) is 0 Å². The van der Waals surface area contributed by atoms with Gasteiger partial charge < -0.3 is 14.2 Å². The Bertz CT molecular complexity index is 415. The van der Waals surface area contributed by atoms with Crippen molar-refractivity contribution in [3.63, 3.8) is 0 Å². The van der Waals surface area contributed by atoms with Gasteiger partial charge >= 0.3 is 5.97 Å². The van der Waals surface area contributed by atoms with Crippen molar-refractivity contribution in [3.05, 3.63) is 23.6 Å². The number of methoxy groups -OCH3 is 3. The predicted molar refractivity (Wildman–Crippen MR) is 86.4 cm³/mol. The van der Waals surface area contributed by atoms with Crippen molar-refractivity contribution in [1.82, 2.24) is 0 Å². The molecule has 0 aliphatic carbocycles. The Labute approximate surface area is 136 Å². The van der Waals surface area contributed by atoms with Gasteiger partial charge in [0.25, 0.3) is 0 Å². The van der Waals surface area contributed by atoms with Gasteiger partial charge in [-0.15, -0.1) is 11.8 Å². The van der Waals surface area contributed by atoms with Crippen molar-refractivity contribution in [3.8, 4) is 0 Å². The molecule has 124 valence electrons. The number of carbonyl (C=O) groups excluding carboxylic acids is 2. The lowest BCUT2D eigenvalue weighted by Crippen LogP contribution is -2.38. The minimum absolute atomic E-state index is 0.0489. The van der Waals surface area contributed by atoms with E-state index in [2.05, 4.69) is 4.74 Å². The van der Waals surface area contributed by atoms with E-state index in [0.717, 1.165) is 12.8 Å². The maximum Gasteiger partial charge on any atom is 0.305 e. The number of esters is 1. The van der Waals surface area contributed by atoms with Gasteiger partial charge in [0.2, 0.25) is 0 Å². The van der Waals surface area contributed by atoms with E-state index in [0.29, 0.717) is 12.8 Å². The molecule has 0 unspecified atom stereocenters. The third-order valence-electron chi connectivity index (χ3n) is 3.50. The number of thioether (sulfide) groups is 1. The van der Waals surface area contributed by atoms with Gasteiger partial charge in [-0.1, -0.05) is 12.2 Å². The van der Waals surface area contributed by atoms with E-state index in [1.165, 1.54) is 7.11 Å². The van der Waals surface area contributed by atoms with Gasteiger partial charge in [0.05, 0.1) is 12.4 Å². The van der Waals surface area contributed by atoms with Gasteiger partial charge in [-0.2, -0.15) is 0 Å². The molecule has 1 rings (SSSR count). The van der Waals surface area contributed by atoms with Crippen LogP contribution in [-0.4, -0.2) is 44.6 Å². The molecule has 2 atom stereocenters. The Morgan fingerprint density at radius 3 is 2.68 bits per heavy atom. The number of carbonyl (C=O) groups is 2. The molecule has 0 saturated heterocycles. The number of ketones is 1. The van der Waals surface area contributed by atoms with E-state index in [1.54, 1.807) is 37.5 Å². The lowest BCUT2D eigenvalue weighted by Gasteiger charge is -2.30. The minimum atomic E-state index is -0.406. The second-order valence-corrected chi connectivity index (χ2v) is 6.02. The van der Waals surface area contributed by atoms with E-state index in [-0.39, 0.29) is 22.9 Å². The first-order valence-electron chi connectivity index (χ1n) is 7.27. The third-order valence-corrected chi connectivity index (χ3v) is 4.66. The molecule has 0 bridgehead atoms. The van der Waals surface area contributed by atoms with Crippen LogP contribution in [0.3, 0.4) is 0 Å². The Balaban J connectivity index is 2.47. The van der Waals surface area contributed by atoms with Crippen LogP contribution >= 0.6 is 11.8 Å². The van der Waals surface area contributed by atoms with Gasteiger partial charge in [-0.3, -0.25) is 9.59 Å². The highest BCUT2D eigenvalue weighted by atomic mass is 32.2. The first-order valence-corrected chi connectivity index (χ1v) is 8.21. The summed E-state index contributed by atoms with van der Waals surface area (Å²) in [5, 5.41) is 1.75. The van der Waals surface area contributed by atoms with Crippen LogP contribution in [-0.2, 0) is 23.8 Å². The molecule has 0 saturated carbocycles. The molecule has 0 aromatic carbocycles. The normalized spacial score (nSPS) is 21.7. The third kappa shape index (κ3) is 5.94.